The summed E-state index contributed by atoms with van der Waals surface area (Å²) >= 11 is 0. The summed E-state index contributed by atoms with van der Waals surface area (Å²) < 4.78 is 0. The van der Waals surface area contributed by atoms with E-state index >= 15 is 0 Å². The van der Waals surface area contributed by atoms with Gasteiger partial charge in [0.2, 0.25) is 0 Å². The third-order valence-corrected chi connectivity index (χ3v) is 3.10. The number of fused-ring (bicyclic) bond motifs is 3. The van der Waals surface area contributed by atoms with Crippen LogP contribution in [0.25, 0.3) is 21.7 Å². The van der Waals surface area contributed by atoms with E-state index in [-0.39, 0.29) is 0 Å². The van der Waals surface area contributed by atoms with E-state index in [0.29, 0.717) is 11.3 Å². The smallest absolute Gasteiger partial charge is 0.338 e. The first-order valence-corrected chi connectivity index (χ1v) is 5.42. The Bertz CT molecular complexity index is 740. The van der Waals surface area contributed by atoms with Crippen molar-refractivity contribution in [3.8, 4) is 0 Å². The Morgan fingerprint density at radius 3 is 2.65 bits per heavy atom. The highest BCUT2D eigenvalue weighted by Gasteiger charge is 2.15. The topological polar surface area (TPSA) is 53.1 Å². The number of hydrogen-bond donors (Lipinski definition) is 2. The van der Waals surface area contributed by atoms with Crippen LogP contribution >= 0.6 is 0 Å². The van der Waals surface area contributed by atoms with Gasteiger partial charge in [-0.3, -0.25) is 0 Å². The van der Waals surface area contributed by atoms with Gasteiger partial charge in [0.25, 0.3) is 0 Å². The molecule has 0 radical (unpaired) electrons. The monoisotopic (exact) mass is 225 g/mol. The Morgan fingerprint density at radius 1 is 1.12 bits per heavy atom. The second-order valence-electron chi connectivity index (χ2n) is 4.14. The number of hydrogen-bond acceptors (Lipinski definition) is 1. The number of aromatic carboxylic acids is 1. The average Bonchev–Trinajstić information content (AvgIpc) is 2.65. The van der Waals surface area contributed by atoms with Crippen LogP contribution in [0.2, 0.25) is 0 Å². The molecule has 0 bridgehead atoms. The molecule has 3 nitrogen and oxygen atoms in total. The Morgan fingerprint density at radius 2 is 1.88 bits per heavy atom. The van der Waals surface area contributed by atoms with E-state index in [9.17, 15) is 9.90 Å². The summed E-state index contributed by atoms with van der Waals surface area (Å²) in [6, 6.07) is 11.8. The minimum atomic E-state index is -0.885. The Kier molecular flexibility index (Phi) is 1.95. The molecule has 0 spiro atoms. The lowest BCUT2D eigenvalue weighted by Gasteiger charge is -1.99. The molecule has 0 fully saturated rings. The van der Waals surface area contributed by atoms with E-state index in [0.717, 1.165) is 21.7 Å². The van der Waals surface area contributed by atoms with Gasteiger partial charge in [-0.15, -0.1) is 0 Å². The van der Waals surface area contributed by atoms with Crippen LogP contribution in [0.4, 0.5) is 0 Å². The highest BCUT2D eigenvalue weighted by Crippen LogP contribution is 2.28. The second kappa shape index (κ2) is 3.35. The standard InChI is InChI=1S/C14H11NO2/c1-8-12(14(16)17)11-7-6-9-4-2-3-5-10(9)13(11)15-8/h2-7,15H,1H3,(H,16,17). The SMILES string of the molecule is Cc1[nH]c2c(ccc3ccccc32)c1C(=O)O. The fourth-order valence-electron chi connectivity index (χ4n) is 2.34. The van der Waals surface area contributed by atoms with Gasteiger partial charge < -0.3 is 10.1 Å². The van der Waals surface area contributed by atoms with Gasteiger partial charge in [-0.1, -0.05) is 36.4 Å². The first kappa shape index (κ1) is 9.90. The second-order valence-corrected chi connectivity index (χ2v) is 4.14. The van der Waals surface area contributed by atoms with Gasteiger partial charge in [0.1, 0.15) is 0 Å². The molecule has 0 aliphatic carbocycles. The number of aromatic amines is 1. The molecular weight excluding hydrogens is 214 g/mol. The summed E-state index contributed by atoms with van der Waals surface area (Å²) in [5, 5.41) is 12.1. The molecule has 0 aliphatic heterocycles. The highest BCUT2D eigenvalue weighted by molar-refractivity contribution is 6.13. The van der Waals surface area contributed by atoms with Crippen LogP contribution in [0, 0.1) is 6.92 Å². The molecule has 1 aromatic heterocycles. The molecule has 1 heterocycles. The zero-order valence-electron chi connectivity index (χ0n) is 9.32. The molecule has 0 aliphatic rings. The molecule has 0 unspecified atom stereocenters. The molecule has 0 saturated carbocycles. The van der Waals surface area contributed by atoms with Crippen molar-refractivity contribution in [2.75, 3.05) is 0 Å². The van der Waals surface area contributed by atoms with Gasteiger partial charge >= 0.3 is 5.97 Å². The summed E-state index contributed by atoms with van der Waals surface area (Å²) in [5.41, 5.74) is 1.97. The highest BCUT2D eigenvalue weighted by atomic mass is 16.4. The summed E-state index contributed by atoms with van der Waals surface area (Å²) in [6.45, 7) is 1.79. The maximum atomic E-state index is 11.2. The molecule has 3 rings (SSSR count). The van der Waals surface area contributed by atoms with Crippen LogP contribution in [0.5, 0.6) is 0 Å². The van der Waals surface area contributed by atoms with Gasteiger partial charge in [0.05, 0.1) is 11.1 Å². The number of H-pyrrole nitrogens is 1. The Hall–Kier alpha value is -2.29. The lowest BCUT2D eigenvalue weighted by molar-refractivity contribution is 0.0698. The molecule has 0 amide bonds. The van der Waals surface area contributed by atoms with Gasteiger partial charge in [0.15, 0.2) is 0 Å². The third-order valence-electron chi connectivity index (χ3n) is 3.10. The summed E-state index contributed by atoms with van der Waals surface area (Å²) in [6.07, 6.45) is 0. The summed E-state index contributed by atoms with van der Waals surface area (Å²) in [5.74, 6) is -0.885. The molecular formula is C14H11NO2. The van der Waals surface area contributed by atoms with Crippen LogP contribution in [-0.2, 0) is 0 Å². The van der Waals surface area contributed by atoms with Gasteiger partial charge in [-0.25, -0.2) is 4.79 Å². The minimum Gasteiger partial charge on any atom is -0.478 e. The predicted molar refractivity (Wildman–Crippen MR) is 67.5 cm³/mol. The predicted octanol–water partition coefficient (Wildman–Crippen LogP) is 3.33. The molecule has 3 heteroatoms. The van der Waals surface area contributed by atoms with E-state index < -0.39 is 5.97 Å². The zero-order valence-corrected chi connectivity index (χ0v) is 9.32. The lowest BCUT2D eigenvalue weighted by atomic mass is 10.1. The average molecular weight is 225 g/mol. The van der Waals surface area contributed by atoms with Crippen molar-refractivity contribution in [2.45, 2.75) is 6.92 Å². The zero-order chi connectivity index (χ0) is 12.0. The van der Waals surface area contributed by atoms with Crippen LogP contribution < -0.4 is 0 Å². The normalized spacial score (nSPS) is 11.1. The number of benzene rings is 2. The fraction of sp³-hybridized carbons (Fsp3) is 0.0714. The molecule has 3 aromatic rings. The van der Waals surface area contributed by atoms with Crippen LogP contribution in [0.15, 0.2) is 36.4 Å². The van der Waals surface area contributed by atoms with Gasteiger partial charge in [-0.05, 0) is 12.3 Å². The van der Waals surface area contributed by atoms with Crippen molar-refractivity contribution >= 4 is 27.6 Å². The number of carboxylic acids is 1. The number of carbonyl (C=O) groups is 1. The maximum absolute atomic E-state index is 11.2. The molecule has 0 saturated heterocycles. The maximum Gasteiger partial charge on any atom is 0.338 e. The van der Waals surface area contributed by atoms with E-state index in [1.165, 1.54) is 0 Å². The van der Waals surface area contributed by atoms with Crippen LogP contribution in [0.3, 0.4) is 0 Å². The number of nitrogens with one attached hydrogen (secondary N) is 1. The van der Waals surface area contributed by atoms with Crippen LogP contribution in [0.1, 0.15) is 16.1 Å². The number of aryl methyl sites for hydroxylation is 1. The molecule has 2 aromatic carbocycles. The molecule has 0 atom stereocenters. The van der Waals surface area contributed by atoms with Crippen molar-refractivity contribution in [3.05, 3.63) is 47.7 Å². The van der Waals surface area contributed by atoms with E-state index in [1.807, 2.05) is 36.4 Å². The van der Waals surface area contributed by atoms with Crippen LogP contribution in [-0.4, -0.2) is 16.1 Å². The third kappa shape index (κ3) is 1.32. The first-order valence-electron chi connectivity index (χ1n) is 5.42. The largest absolute Gasteiger partial charge is 0.478 e. The number of rotatable bonds is 1. The molecule has 2 N–H and O–H groups in total. The fourth-order valence-corrected chi connectivity index (χ4v) is 2.34. The van der Waals surface area contributed by atoms with Crippen molar-refractivity contribution < 1.29 is 9.90 Å². The lowest BCUT2D eigenvalue weighted by Crippen LogP contribution is -1.96. The van der Waals surface area contributed by atoms with E-state index in [1.54, 1.807) is 6.92 Å². The molecule has 84 valence electrons. The van der Waals surface area contributed by atoms with E-state index in [2.05, 4.69) is 4.98 Å². The minimum absolute atomic E-state index is 0.366. The number of carboxylic acid groups (broad SMARTS) is 1. The van der Waals surface area contributed by atoms with Gasteiger partial charge in [0, 0.05) is 16.5 Å². The van der Waals surface area contributed by atoms with Crippen molar-refractivity contribution in [1.29, 1.82) is 0 Å². The van der Waals surface area contributed by atoms with Crippen molar-refractivity contribution in [2.24, 2.45) is 0 Å². The Balaban J connectivity index is 2.53. The van der Waals surface area contributed by atoms with Crippen molar-refractivity contribution in [3.63, 3.8) is 0 Å². The van der Waals surface area contributed by atoms with E-state index in [4.69, 9.17) is 0 Å². The quantitative estimate of drug-likeness (QED) is 0.667. The summed E-state index contributed by atoms with van der Waals surface area (Å²) in [7, 11) is 0. The first-order chi connectivity index (χ1) is 8.18. The van der Waals surface area contributed by atoms with Crippen molar-refractivity contribution in [1.82, 2.24) is 4.98 Å². The Labute approximate surface area is 97.7 Å². The summed E-state index contributed by atoms with van der Waals surface area (Å²) in [4.78, 5) is 14.4. The number of aromatic nitrogens is 1. The van der Waals surface area contributed by atoms with Gasteiger partial charge in [-0.2, -0.15) is 0 Å². The molecule has 17 heavy (non-hydrogen) atoms.